The van der Waals surface area contributed by atoms with Crippen molar-refractivity contribution in [2.24, 2.45) is 11.8 Å². The normalized spacial score (nSPS) is 16.8. The van der Waals surface area contributed by atoms with Crippen LogP contribution >= 0.6 is 0 Å². The van der Waals surface area contributed by atoms with E-state index in [9.17, 15) is 19.7 Å². The van der Waals surface area contributed by atoms with Gasteiger partial charge in [0.1, 0.15) is 5.60 Å². The standard InChI is InChI=1S/C21H28N2O5/c1-21(2,3)28-20(25)22-13-11-17(12-14-22)18(15-23(26)27)19(24)10-9-16-7-5-4-6-8-16/h4-10,17-18H,11-15H2,1-3H3/b10-9+/t18-/m1/s1. The van der Waals surface area contributed by atoms with Crippen molar-refractivity contribution < 1.29 is 19.2 Å². The van der Waals surface area contributed by atoms with E-state index in [1.54, 1.807) is 11.0 Å². The Hall–Kier alpha value is -2.70. The Balaban J connectivity index is 2.00. The number of piperidine rings is 1. The third kappa shape index (κ3) is 6.79. The number of likely N-dealkylation sites (tertiary alicyclic amines) is 1. The van der Waals surface area contributed by atoms with E-state index in [-0.39, 0.29) is 17.8 Å². The molecule has 2 rings (SSSR count). The molecule has 0 aromatic heterocycles. The molecule has 152 valence electrons. The van der Waals surface area contributed by atoms with Crippen molar-refractivity contribution in [3.05, 3.63) is 52.1 Å². The van der Waals surface area contributed by atoms with Crippen LogP contribution < -0.4 is 0 Å². The number of nitro groups is 1. The third-order valence-corrected chi connectivity index (χ3v) is 4.71. The Kier molecular flexibility index (Phi) is 7.31. The van der Waals surface area contributed by atoms with Crippen LogP contribution in [0, 0.1) is 22.0 Å². The van der Waals surface area contributed by atoms with E-state index in [0.29, 0.717) is 25.9 Å². The van der Waals surface area contributed by atoms with Gasteiger partial charge in [0.05, 0.1) is 5.92 Å². The molecule has 28 heavy (non-hydrogen) atoms. The van der Waals surface area contributed by atoms with E-state index in [0.717, 1.165) is 5.56 Å². The lowest BCUT2D eigenvalue weighted by atomic mass is 9.81. The van der Waals surface area contributed by atoms with Crippen LogP contribution in [-0.2, 0) is 9.53 Å². The fourth-order valence-corrected chi connectivity index (χ4v) is 3.31. The predicted octanol–water partition coefficient (Wildman–Crippen LogP) is 3.81. The molecule has 0 bridgehead atoms. The number of amides is 1. The largest absolute Gasteiger partial charge is 0.444 e. The molecular weight excluding hydrogens is 360 g/mol. The van der Waals surface area contributed by atoms with Gasteiger partial charge in [-0.3, -0.25) is 14.9 Å². The van der Waals surface area contributed by atoms with Gasteiger partial charge in [0, 0.05) is 18.0 Å². The number of carbonyl (C=O) groups excluding carboxylic acids is 2. The number of hydrogen-bond donors (Lipinski definition) is 0. The zero-order chi connectivity index (χ0) is 20.7. The minimum Gasteiger partial charge on any atom is -0.444 e. The number of allylic oxidation sites excluding steroid dienone is 1. The van der Waals surface area contributed by atoms with Gasteiger partial charge in [-0.1, -0.05) is 36.4 Å². The summed E-state index contributed by atoms with van der Waals surface area (Å²) in [5.41, 5.74) is 0.302. The highest BCUT2D eigenvalue weighted by atomic mass is 16.6. The van der Waals surface area contributed by atoms with Gasteiger partial charge in [0.15, 0.2) is 5.78 Å². The van der Waals surface area contributed by atoms with Gasteiger partial charge < -0.3 is 9.64 Å². The van der Waals surface area contributed by atoms with E-state index in [1.807, 2.05) is 51.1 Å². The predicted molar refractivity (Wildman–Crippen MR) is 106 cm³/mol. The topological polar surface area (TPSA) is 89.8 Å². The summed E-state index contributed by atoms with van der Waals surface area (Å²) >= 11 is 0. The first-order valence-electron chi connectivity index (χ1n) is 9.52. The van der Waals surface area contributed by atoms with Crippen LogP contribution in [0.1, 0.15) is 39.2 Å². The molecule has 7 nitrogen and oxygen atoms in total. The fraction of sp³-hybridized carbons (Fsp3) is 0.524. The van der Waals surface area contributed by atoms with Crippen LogP contribution in [0.5, 0.6) is 0 Å². The van der Waals surface area contributed by atoms with E-state index in [2.05, 4.69) is 0 Å². The van der Waals surface area contributed by atoms with Gasteiger partial charge in [-0.05, 0) is 51.2 Å². The van der Waals surface area contributed by atoms with Gasteiger partial charge in [-0.25, -0.2) is 4.79 Å². The first kappa shape index (κ1) is 21.6. The summed E-state index contributed by atoms with van der Waals surface area (Å²) in [7, 11) is 0. The highest BCUT2D eigenvalue weighted by molar-refractivity contribution is 5.95. The summed E-state index contributed by atoms with van der Waals surface area (Å²) in [4.78, 5) is 37.1. The Morgan fingerprint density at radius 3 is 2.39 bits per heavy atom. The summed E-state index contributed by atoms with van der Waals surface area (Å²) in [6.07, 6.45) is 3.83. The van der Waals surface area contributed by atoms with Crippen LogP contribution in [0.2, 0.25) is 0 Å². The summed E-state index contributed by atoms with van der Waals surface area (Å²) in [5.74, 6) is -1.05. The maximum absolute atomic E-state index is 12.7. The second kappa shape index (κ2) is 9.48. The van der Waals surface area contributed by atoms with Gasteiger partial charge >= 0.3 is 6.09 Å². The van der Waals surface area contributed by atoms with Crippen molar-refractivity contribution >= 4 is 18.0 Å². The maximum Gasteiger partial charge on any atom is 0.410 e. The highest BCUT2D eigenvalue weighted by Gasteiger charge is 2.35. The van der Waals surface area contributed by atoms with E-state index >= 15 is 0 Å². The van der Waals surface area contributed by atoms with E-state index in [1.165, 1.54) is 6.08 Å². The third-order valence-electron chi connectivity index (χ3n) is 4.71. The first-order chi connectivity index (χ1) is 13.2. The molecule has 1 saturated heterocycles. The van der Waals surface area contributed by atoms with Crippen molar-refractivity contribution in [1.82, 2.24) is 4.90 Å². The number of rotatable bonds is 6. The van der Waals surface area contributed by atoms with E-state index in [4.69, 9.17) is 4.74 Å². The summed E-state index contributed by atoms with van der Waals surface area (Å²) in [6, 6.07) is 9.35. The molecule has 0 unspecified atom stereocenters. The lowest BCUT2D eigenvalue weighted by Gasteiger charge is -2.35. The quantitative estimate of drug-likeness (QED) is 0.420. The second-order valence-corrected chi connectivity index (χ2v) is 8.07. The van der Waals surface area contributed by atoms with Crippen molar-refractivity contribution in [2.45, 2.75) is 39.2 Å². The number of carbonyl (C=O) groups is 2. The van der Waals surface area contributed by atoms with Crippen molar-refractivity contribution in [1.29, 1.82) is 0 Å². The molecule has 0 spiro atoms. The SMILES string of the molecule is CC(C)(C)OC(=O)N1CCC([C@@H](C[N+](=O)[O-])C(=O)/C=C/c2ccccc2)CC1. The Bertz CT molecular complexity index is 716. The van der Waals surface area contributed by atoms with Gasteiger partial charge in [-0.2, -0.15) is 0 Å². The first-order valence-corrected chi connectivity index (χ1v) is 9.52. The Morgan fingerprint density at radius 2 is 1.86 bits per heavy atom. The number of hydrogen-bond acceptors (Lipinski definition) is 5. The monoisotopic (exact) mass is 388 g/mol. The van der Waals surface area contributed by atoms with Crippen molar-refractivity contribution in [3.8, 4) is 0 Å². The molecule has 0 N–H and O–H groups in total. The van der Waals surface area contributed by atoms with Gasteiger partial charge in [0.25, 0.3) is 0 Å². The smallest absolute Gasteiger partial charge is 0.410 e. The lowest BCUT2D eigenvalue weighted by Crippen LogP contribution is -2.44. The molecule has 1 aromatic carbocycles. The van der Waals surface area contributed by atoms with Crippen molar-refractivity contribution in [2.75, 3.05) is 19.6 Å². The molecule has 0 radical (unpaired) electrons. The molecule has 7 heteroatoms. The average Bonchev–Trinajstić information content (AvgIpc) is 2.63. The number of ether oxygens (including phenoxy) is 1. The number of nitrogens with zero attached hydrogens (tertiary/aromatic N) is 2. The summed E-state index contributed by atoms with van der Waals surface area (Å²) < 4.78 is 5.37. The average molecular weight is 388 g/mol. The maximum atomic E-state index is 12.7. The molecule has 1 aliphatic rings. The highest BCUT2D eigenvalue weighted by Crippen LogP contribution is 2.27. The zero-order valence-corrected chi connectivity index (χ0v) is 16.7. The zero-order valence-electron chi connectivity index (χ0n) is 16.7. The Labute approximate surface area is 165 Å². The summed E-state index contributed by atoms with van der Waals surface area (Å²) in [5, 5.41) is 11.1. The van der Waals surface area contributed by atoms with Gasteiger partial charge in [-0.15, -0.1) is 0 Å². The Morgan fingerprint density at radius 1 is 1.25 bits per heavy atom. The molecule has 1 aromatic rings. The molecule has 1 heterocycles. The summed E-state index contributed by atoms with van der Waals surface area (Å²) in [6.45, 7) is 5.90. The van der Waals surface area contributed by atoms with E-state index < -0.39 is 23.0 Å². The van der Waals surface area contributed by atoms with Crippen LogP contribution in [0.25, 0.3) is 6.08 Å². The number of ketones is 1. The molecular formula is C21H28N2O5. The molecule has 1 amide bonds. The molecule has 0 aliphatic carbocycles. The minimum absolute atomic E-state index is 0.128. The van der Waals surface area contributed by atoms with Crippen LogP contribution in [0.4, 0.5) is 4.79 Å². The molecule has 0 saturated carbocycles. The molecule has 1 atom stereocenters. The van der Waals surface area contributed by atoms with Crippen molar-refractivity contribution in [3.63, 3.8) is 0 Å². The molecule has 1 aliphatic heterocycles. The fourth-order valence-electron chi connectivity index (χ4n) is 3.31. The van der Waals surface area contributed by atoms with Gasteiger partial charge in [0.2, 0.25) is 6.54 Å². The minimum atomic E-state index is -0.684. The molecule has 1 fully saturated rings. The second-order valence-electron chi connectivity index (χ2n) is 8.07. The van der Waals surface area contributed by atoms with Crippen LogP contribution in [-0.4, -0.2) is 46.9 Å². The lowest BCUT2D eigenvalue weighted by molar-refractivity contribution is -0.487. The van der Waals surface area contributed by atoms with Crippen LogP contribution in [0.3, 0.4) is 0 Å². The van der Waals surface area contributed by atoms with Crippen LogP contribution in [0.15, 0.2) is 36.4 Å². The number of benzene rings is 1.